The smallest absolute Gasteiger partial charge is 0.254 e. The van der Waals surface area contributed by atoms with Gasteiger partial charge in [-0.2, -0.15) is 5.10 Å². The number of hydrogen-bond donors (Lipinski definition) is 1. The van der Waals surface area contributed by atoms with Crippen LogP contribution >= 0.6 is 0 Å². The van der Waals surface area contributed by atoms with Crippen LogP contribution < -0.4 is 14.8 Å². The van der Waals surface area contributed by atoms with Crippen LogP contribution in [0.3, 0.4) is 0 Å². The molecule has 2 amide bonds. The van der Waals surface area contributed by atoms with E-state index >= 15 is 0 Å². The second-order valence-corrected chi connectivity index (χ2v) is 8.81. The predicted molar refractivity (Wildman–Crippen MR) is 133 cm³/mol. The molecule has 3 heterocycles. The molecule has 1 aliphatic rings. The summed E-state index contributed by atoms with van der Waals surface area (Å²) in [5, 5.41) is 11.0. The molecule has 0 aliphatic carbocycles. The van der Waals surface area contributed by atoms with Crippen LogP contribution in [0.25, 0.3) is 6.08 Å². The molecule has 2 aromatic heterocycles. The topological polar surface area (TPSA) is 112 Å². The number of methoxy groups -OCH3 is 1. The van der Waals surface area contributed by atoms with Crippen LogP contribution in [0.5, 0.6) is 11.5 Å². The quantitative estimate of drug-likeness (QED) is 0.480. The first-order valence-corrected chi connectivity index (χ1v) is 11.8. The number of rotatable bonds is 8. The van der Waals surface area contributed by atoms with E-state index in [1.165, 1.54) is 0 Å². The van der Waals surface area contributed by atoms with Crippen LogP contribution in [-0.4, -0.2) is 57.9 Å². The molecule has 0 radical (unpaired) electrons. The standard InChI is InChI=1S/C26H31N5O5/c1-17-22(18(2)36-29-17)16-35-23-7-5-19(13-24(23)34-4)6-8-25(32)31-11-9-21(10-12-31)28-26(33)20-14-27-30(3)15-20/h5-8,13-15,21H,9-12,16H2,1-4H3,(H,28,33)/b8-6+. The summed E-state index contributed by atoms with van der Waals surface area (Å²) in [6.45, 7) is 5.21. The van der Waals surface area contributed by atoms with Gasteiger partial charge in [0.05, 0.1) is 30.1 Å². The van der Waals surface area contributed by atoms with E-state index in [4.69, 9.17) is 14.0 Å². The second-order valence-electron chi connectivity index (χ2n) is 8.81. The predicted octanol–water partition coefficient (Wildman–Crippen LogP) is 3.05. The molecule has 190 valence electrons. The van der Waals surface area contributed by atoms with Gasteiger partial charge in [-0.25, -0.2) is 0 Å². The highest BCUT2D eigenvalue weighted by atomic mass is 16.5. The largest absolute Gasteiger partial charge is 0.493 e. The Morgan fingerprint density at radius 3 is 2.64 bits per heavy atom. The number of likely N-dealkylation sites (tertiary alicyclic amines) is 1. The summed E-state index contributed by atoms with van der Waals surface area (Å²) in [6.07, 6.45) is 7.97. The van der Waals surface area contributed by atoms with Crippen LogP contribution in [0.2, 0.25) is 0 Å². The SMILES string of the molecule is COc1cc(/C=C/C(=O)N2CCC(NC(=O)c3cnn(C)c3)CC2)ccc1OCc1c(C)noc1C. The number of ether oxygens (including phenoxy) is 2. The van der Waals surface area contributed by atoms with E-state index in [1.54, 1.807) is 48.3 Å². The average Bonchev–Trinajstić information content (AvgIpc) is 3.46. The van der Waals surface area contributed by atoms with Gasteiger partial charge in [0.25, 0.3) is 5.91 Å². The van der Waals surface area contributed by atoms with E-state index < -0.39 is 0 Å². The summed E-state index contributed by atoms with van der Waals surface area (Å²) in [5.41, 5.74) is 3.06. The van der Waals surface area contributed by atoms with Gasteiger partial charge in [0.2, 0.25) is 5.91 Å². The third-order valence-electron chi connectivity index (χ3n) is 6.27. The number of aryl methyl sites for hydroxylation is 3. The van der Waals surface area contributed by atoms with Crippen molar-refractivity contribution in [1.29, 1.82) is 0 Å². The Morgan fingerprint density at radius 2 is 2.00 bits per heavy atom. The molecule has 1 aromatic carbocycles. The van der Waals surface area contributed by atoms with Gasteiger partial charge in [0.15, 0.2) is 11.5 Å². The minimum atomic E-state index is -0.138. The van der Waals surface area contributed by atoms with Crippen molar-refractivity contribution < 1.29 is 23.6 Å². The molecule has 36 heavy (non-hydrogen) atoms. The molecule has 0 atom stereocenters. The van der Waals surface area contributed by atoms with Crippen molar-refractivity contribution in [3.05, 3.63) is 64.8 Å². The van der Waals surface area contributed by atoms with Crippen molar-refractivity contribution >= 4 is 17.9 Å². The number of piperidine rings is 1. The maximum Gasteiger partial charge on any atom is 0.254 e. The molecule has 10 nitrogen and oxygen atoms in total. The lowest BCUT2D eigenvalue weighted by atomic mass is 10.0. The molecule has 1 aliphatic heterocycles. The molecule has 4 rings (SSSR count). The molecule has 1 saturated heterocycles. The molecule has 0 saturated carbocycles. The molecule has 0 spiro atoms. The molecule has 1 N–H and O–H groups in total. The van der Waals surface area contributed by atoms with Gasteiger partial charge in [-0.05, 0) is 50.5 Å². The van der Waals surface area contributed by atoms with Gasteiger partial charge < -0.3 is 24.2 Å². The normalized spacial score (nSPS) is 14.3. The van der Waals surface area contributed by atoms with Crippen LogP contribution in [0, 0.1) is 13.8 Å². The van der Waals surface area contributed by atoms with E-state index in [0.717, 1.165) is 22.6 Å². The summed E-state index contributed by atoms with van der Waals surface area (Å²) in [5.74, 6) is 1.69. The number of hydrogen-bond acceptors (Lipinski definition) is 7. The molecular formula is C26H31N5O5. The number of aromatic nitrogens is 3. The van der Waals surface area contributed by atoms with Crippen LogP contribution in [0.1, 0.15) is 45.8 Å². The van der Waals surface area contributed by atoms with Gasteiger partial charge >= 0.3 is 0 Å². The van der Waals surface area contributed by atoms with E-state index in [9.17, 15) is 9.59 Å². The number of nitrogens with one attached hydrogen (secondary N) is 1. The van der Waals surface area contributed by atoms with E-state index in [1.807, 2.05) is 32.0 Å². The summed E-state index contributed by atoms with van der Waals surface area (Å²) in [4.78, 5) is 26.8. The van der Waals surface area contributed by atoms with Crippen molar-refractivity contribution in [2.75, 3.05) is 20.2 Å². The average molecular weight is 494 g/mol. The molecular weight excluding hydrogens is 462 g/mol. The summed E-state index contributed by atoms with van der Waals surface area (Å²) < 4.78 is 18.2. The van der Waals surface area contributed by atoms with E-state index in [2.05, 4.69) is 15.6 Å². The van der Waals surface area contributed by atoms with Crippen molar-refractivity contribution in [2.45, 2.75) is 39.3 Å². The Kier molecular flexibility index (Phi) is 7.72. The molecule has 3 aromatic rings. The Bertz CT molecular complexity index is 1230. The molecule has 0 unspecified atom stereocenters. The molecule has 10 heteroatoms. The Balaban J connectivity index is 1.29. The minimum absolute atomic E-state index is 0.0351. The Hall–Kier alpha value is -4.08. The first-order chi connectivity index (χ1) is 17.3. The minimum Gasteiger partial charge on any atom is -0.493 e. The first kappa shape index (κ1) is 25.0. The van der Waals surface area contributed by atoms with Crippen molar-refractivity contribution in [3.63, 3.8) is 0 Å². The van der Waals surface area contributed by atoms with E-state index in [-0.39, 0.29) is 17.9 Å². The fraction of sp³-hybridized carbons (Fsp3) is 0.385. The van der Waals surface area contributed by atoms with Gasteiger partial charge in [-0.15, -0.1) is 0 Å². The van der Waals surface area contributed by atoms with Crippen molar-refractivity contribution in [1.82, 2.24) is 25.2 Å². The fourth-order valence-electron chi connectivity index (χ4n) is 4.09. The van der Waals surface area contributed by atoms with Crippen molar-refractivity contribution in [3.8, 4) is 11.5 Å². The number of nitrogens with zero attached hydrogens (tertiary/aromatic N) is 4. The fourth-order valence-corrected chi connectivity index (χ4v) is 4.09. The number of carbonyl (C=O) groups excluding carboxylic acids is 2. The molecule has 0 bridgehead atoms. The zero-order valence-corrected chi connectivity index (χ0v) is 21.0. The van der Waals surface area contributed by atoms with Crippen molar-refractivity contribution in [2.24, 2.45) is 7.05 Å². The third kappa shape index (κ3) is 5.94. The van der Waals surface area contributed by atoms with Crippen LogP contribution in [0.15, 0.2) is 41.2 Å². The third-order valence-corrected chi connectivity index (χ3v) is 6.27. The highest BCUT2D eigenvalue weighted by Gasteiger charge is 2.23. The number of amides is 2. The summed E-state index contributed by atoms with van der Waals surface area (Å²) in [7, 11) is 3.35. The maximum absolute atomic E-state index is 12.7. The lowest BCUT2D eigenvalue weighted by Gasteiger charge is -2.31. The Morgan fingerprint density at radius 1 is 1.22 bits per heavy atom. The monoisotopic (exact) mass is 493 g/mol. The molecule has 1 fully saturated rings. The summed E-state index contributed by atoms with van der Waals surface area (Å²) >= 11 is 0. The Labute approximate surface area is 209 Å². The zero-order valence-electron chi connectivity index (χ0n) is 21.0. The number of carbonyl (C=O) groups is 2. The highest BCUT2D eigenvalue weighted by molar-refractivity contribution is 5.94. The zero-order chi connectivity index (χ0) is 25.7. The maximum atomic E-state index is 12.7. The highest BCUT2D eigenvalue weighted by Crippen LogP contribution is 2.30. The lowest BCUT2D eigenvalue weighted by molar-refractivity contribution is -0.127. The van der Waals surface area contributed by atoms with E-state index in [0.29, 0.717) is 49.6 Å². The van der Waals surface area contributed by atoms with Crippen LogP contribution in [0.4, 0.5) is 0 Å². The summed E-state index contributed by atoms with van der Waals surface area (Å²) in [6, 6.07) is 5.55. The van der Waals surface area contributed by atoms with Gasteiger partial charge in [-0.1, -0.05) is 11.2 Å². The second kappa shape index (κ2) is 11.1. The van der Waals surface area contributed by atoms with Crippen LogP contribution in [-0.2, 0) is 18.4 Å². The van der Waals surface area contributed by atoms with Gasteiger partial charge in [0.1, 0.15) is 12.4 Å². The van der Waals surface area contributed by atoms with Gasteiger partial charge in [0, 0.05) is 38.5 Å². The lowest BCUT2D eigenvalue weighted by Crippen LogP contribution is -2.46. The first-order valence-electron chi connectivity index (χ1n) is 11.8. The number of benzene rings is 1. The van der Waals surface area contributed by atoms with Gasteiger partial charge in [-0.3, -0.25) is 14.3 Å².